The smallest absolute Gasteiger partial charge is 0.223 e. The van der Waals surface area contributed by atoms with E-state index in [2.05, 4.69) is 33.5 Å². The van der Waals surface area contributed by atoms with Gasteiger partial charge >= 0.3 is 0 Å². The zero-order chi connectivity index (χ0) is 22.9. The van der Waals surface area contributed by atoms with E-state index in [1.165, 1.54) is 12.1 Å². The normalized spacial score (nSPS) is 18.3. The van der Waals surface area contributed by atoms with Crippen LogP contribution in [0.3, 0.4) is 0 Å². The first-order valence-electron chi connectivity index (χ1n) is 11.2. The molecule has 2 aromatic carbocycles. The number of hydrogen-bond acceptors (Lipinski definition) is 3. The quantitative estimate of drug-likeness (QED) is 0.469. The van der Waals surface area contributed by atoms with E-state index in [9.17, 15) is 13.6 Å². The lowest BCUT2D eigenvalue weighted by Crippen LogP contribution is -2.34. The molecule has 0 aliphatic carbocycles. The van der Waals surface area contributed by atoms with E-state index in [1.807, 2.05) is 28.9 Å². The Morgan fingerprint density at radius 1 is 1.18 bits per heavy atom. The van der Waals surface area contributed by atoms with Crippen LogP contribution in [0.1, 0.15) is 25.3 Å². The molecule has 2 atom stereocenters. The van der Waals surface area contributed by atoms with E-state index in [0.717, 1.165) is 41.1 Å². The van der Waals surface area contributed by atoms with Gasteiger partial charge in [-0.25, -0.2) is 8.78 Å². The van der Waals surface area contributed by atoms with Crippen LogP contribution in [0.4, 0.5) is 8.78 Å². The van der Waals surface area contributed by atoms with Crippen LogP contribution < -0.4 is 0 Å². The minimum absolute atomic E-state index is 0.0243. The number of hydrogen-bond donors (Lipinski definition) is 1. The molecular weight excluding hydrogens is 424 g/mol. The molecule has 0 radical (unpaired) electrons. The Morgan fingerprint density at radius 3 is 2.88 bits per heavy atom. The van der Waals surface area contributed by atoms with Crippen LogP contribution in [-0.4, -0.2) is 43.4 Å². The van der Waals surface area contributed by atoms with Crippen molar-refractivity contribution in [1.82, 2.24) is 24.9 Å². The zero-order valence-corrected chi connectivity index (χ0v) is 18.3. The maximum atomic E-state index is 13.9. The van der Waals surface area contributed by atoms with Gasteiger partial charge in [-0.3, -0.25) is 14.6 Å². The summed E-state index contributed by atoms with van der Waals surface area (Å²) in [6, 6.07) is 10.4. The number of H-pyrrole nitrogens is 1. The molecule has 1 amide bonds. The van der Waals surface area contributed by atoms with Gasteiger partial charge in [0.05, 0.1) is 17.9 Å². The van der Waals surface area contributed by atoms with Crippen molar-refractivity contribution in [3.63, 3.8) is 0 Å². The molecule has 0 spiro atoms. The molecule has 1 N–H and O–H groups in total. The molecule has 1 aliphatic heterocycles. The topological polar surface area (TPSA) is 66.8 Å². The predicted molar refractivity (Wildman–Crippen MR) is 121 cm³/mol. The number of amides is 1. The molecule has 1 fully saturated rings. The summed E-state index contributed by atoms with van der Waals surface area (Å²) in [7, 11) is 0. The highest BCUT2D eigenvalue weighted by atomic mass is 19.2. The third kappa shape index (κ3) is 4.25. The zero-order valence-electron chi connectivity index (χ0n) is 18.3. The van der Waals surface area contributed by atoms with Gasteiger partial charge in [-0.2, -0.15) is 10.2 Å². The Hall–Kier alpha value is -3.55. The minimum Gasteiger partial charge on any atom is -0.340 e. The van der Waals surface area contributed by atoms with Gasteiger partial charge < -0.3 is 4.90 Å². The number of nitrogens with zero attached hydrogens (tertiary/aromatic N) is 4. The molecule has 1 unspecified atom stereocenters. The van der Waals surface area contributed by atoms with Gasteiger partial charge in [0.2, 0.25) is 5.91 Å². The maximum absolute atomic E-state index is 13.9. The molecule has 0 saturated carbocycles. The van der Waals surface area contributed by atoms with Crippen molar-refractivity contribution in [2.75, 3.05) is 6.54 Å². The Kier molecular flexibility index (Phi) is 5.66. The number of aromatic nitrogens is 4. The van der Waals surface area contributed by atoms with Crippen LogP contribution >= 0.6 is 0 Å². The van der Waals surface area contributed by atoms with Crippen molar-refractivity contribution in [1.29, 1.82) is 0 Å². The molecule has 1 saturated heterocycles. The fraction of sp³-hybridized carbons (Fsp3) is 0.320. The molecule has 0 bridgehead atoms. The predicted octanol–water partition coefficient (Wildman–Crippen LogP) is 4.57. The fourth-order valence-electron chi connectivity index (χ4n) is 4.81. The molecular formula is C25H25F2N5O. The number of aryl methyl sites for hydroxylation is 1. The van der Waals surface area contributed by atoms with Crippen molar-refractivity contribution in [2.45, 2.75) is 38.8 Å². The Morgan fingerprint density at radius 2 is 2.06 bits per heavy atom. The Labute approximate surface area is 190 Å². The number of likely N-dealkylation sites (tertiary alicyclic amines) is 1. The van der Waals surface area contributed by atoms with Gasteiger partial charge in [0.1, 0.15) is 0 Å². The molecule has 6 nitrogen and oxygen atoms in total. The molecule has 2 aromatic heterocycles. The second-order valence-corrected chi connectivity index (χ2v) is 8.80. The number of benzene rings is 2. The Balaban J connectivity index is 1.23. The van der Waals surface area contributed by atoms with E-state index in [-0.39, 0.29) is 36.3 Å². The molecule has 170 valence electrons. The number of halogens is 2. The summed E-state index contributed by atoms with van der Waals surface area (Å²) in [4.78, 5) is 14.7. The average molecular weight is 450 g/mol. The van der Waals surface area contributed by atoms with Crippen molar-refractivity contribution in [3.05, 3.63) is 72.2 Å². The fourth-order valence-corrected chi connectivity index (χ4v) is 4.81. The van der Waals surface area contributed by atoms with Crippen LogP contribution in [0.25, 0.3) is 22.0 Å². The lowest BCUT2D eigenvalue weighted by molar-refractivity contribution is -0.131. The number of nitrogens with one attached hydrogen (secondary N) is 1. The van der Waals surface area contributed by atoms with Gasteiger partial charge in [-0.15, -0.1) is 0 Å². The number of aromatic amines is 1. The van der Waals surface area contributed by atoms with Crippen LogP contribution in [0.5, 0.6) is 0 Å². The lowest BCUT2D eigenvalue weighted by Gasteiger charge is -2.21. The van der Waals surface area contributed by atoms with E-state index in [1.54, 1.807) is 6.20 Å². The van der Waals surface area contributed by atoms with E-state index in [0.29, 0.717) is 6.54 Å². The SMILES string of the molecule is C[C@@H]1CC(Cn2ncc3cc(-c4cn[nH]c4)ccc32)CN1C(=O)CCc1cccc(F)c1F. The highest BCUT2D eigenvalue weighted by Crippen LogP contribution is 2.28. The molecule has 5 rings (SSSR count). The van der Waals surface area contributed by atoms with Crippen LogP contribution in [0.15, 0.2) is 55.0 Å². The standard InChI is InChI=1S/C25H25F2N5O/c1-16-9-17(14-31(16)24(33)8-6-18-3-2-4-22(26)25(18)27)15-32-23-7-5-19(10-20(23)13-30-32)21-11-28-29-12-21/h2-5,7,10-13,16-17H,6,8-9,14-15H2,1H3,(H,28,29)/t16-,17?/m1/s1. The number of rotatable bonds is 6. The van der Waals surface area contributed by atoms with Crippen LogP contribution in [0, 0.1) is 17.6 Å². The first kappa shape index (κ1) is 21.3. The van der Waals surface area contributed by atoms with Crippen molar-refractivity contribution < 1.29 is 13.6 Å². The minimum atomic E-state index is -0.877. The summed E-state index contributed by atoms with van der Waals surface area (Å²) in [6.07, 6.45) is 6.76. The average Bonchev–Trinajstić information content (AvgIpc) is 3.55. The van der Waals surface area contributed by atoms with Gasteiger partial charge in [0.25, 0.3) is 0 Å². The van der Waals surface area contributed by atoms with Gasteiger partial charge in [-0.05, 0) is 55.0 Å². The van der Waals surface area contributed by atoms with Gasteiger partial charge in [-0.1, -0.05) is 18.2 Å². The highest BCUT2D eigenvalue weighted by molar-refractivity contribution is 5.84. The summed E-state index contributed by atoms with van der Waals surface area (Å²) in [5.41, 5.74) is 3.41. The monoisotopic (exact) mass is 449 g/mol. The molecule has 1 aliphatic rings. The summed E-state index contributed by atoms with van der Waals surface area (Å²) in [6.45, 7) is 3.40. The second kappa shape index (κ2) is 8.77. The van der Waals surface area contributed by atoms with Crippen LogP contribution in [-0.2, 0) is 17.8 Å². The number of carbonyl (C=O) groups is 1. The van der Waals surface area contributed by atoms with E-state index >= 15 is 0 Å². The largest absolute Gasteiger partial charge is 0.340 e. The first-order chi connectivity index (χ1) is 16.0. The molecule has 33 heavy (non-hydrogen) atoms. The van der Waals surface area contributed by atoms with Crippen LogP contribution in [0.2, 0.25) is 0 Å². The number of fused-ring (bicyclic) bond motifs is 1. The molecule has 8 heteroatoms. The molecule has 3 heterocycles. The van der Waals surface area contributed by atoms with Gasteiger partial charge in [0, 0.05) is 42.7 Å². The summed E-state index contributed by atoms with van der Waals surface area (Å²) >= 11 is 0. The summed E-state index contributed by atoms with van der Waals surface area (Å²) < 4.78 is 29.3. The summed E-state index contributed by atoms with van der Waals surface area (Å²) in [5, 5.41) is 12.5. The van der Waals surface area contributed by atoms with Crippen molar-refractivity contribution >= 4 is 16.8 Å². The Bertz CT molecular complexity index is 1280. The van der Waals surface area contributed by atoms with Crippen molar-refractivity contribution in [3.8, 4) is 11.1 Å². The van der Waals surface area contributed by atoms with Gasteiger partial charge in [0.15, 0.2) is 11.6 Å². The highest BCUT2D eigenvalue weighted by Gasteiger charge is 2.32. The third-order valence-corrected chi connectivity index (χ3v) is 6.53. The van der Waals surface area contributed by atoms with E-state index in [4.69, 9.17) is 0 Å². The van der Waals surface area contributed by atoms with E-state index < -0.39 is 11.6 Å². The summed E-state index contributed by atoms with van der Waals surface area (Å²) in [5.74, 6) is -1.48. The lowest BCUT2D eigenvalue weighted by atomic mass is 10.1. The first-order valence-corrected chi connectivity index (χ1v) is 11.2. The second-order valence-electron chi connectivity index (χ2n) is 8.80. The maximum Gasteiger partial charge on any atom is 0.223 e. The molecule has 4 aromatic rings. The third-order valence-electron chi connectivity index (χ3n) is 6.53. The number of carbonyl (C=O) groups excluding carboxylic acids is 1. The van der Waals surface area contributed by atoms with Crippen molar-refractivity contribution in [2.24, 2.45) is 5.92 Å².